The summed E-state index contributed by atoms with van der Waals surface area (Å²) in [6, 6.07) is 5.99. The van der Waals surface area contributed by atoms with Crippen molar-refractivity contribution in [2.45, 2.75) is 30.6 Å². The summed E-state index contributed by atoms with van der Waals surface area (Å²) in [7, 11) is -2.19. The number of nitrogens with one attached hydrogen (secondary N) is 2. The van der Waals surface area contributed by atoms with Crippen molar-refractivity contribution in [3.05, 3.63) is 42.5 Å². The van der Waals surface area contributed by atoms with Crippen LogP contribution in [-0.2, 0) is 10.0 Å². The van der Waals surface area contributed by atoms with Crippen LogP contribution >= 0.6 is 0 Å². The summed E-state index contributed by atoms with van der Waals surface area (Å²) in [5.74, 6) is -0.258. The minimum Gasteiger partial charge on any atom is -0.352 e. The number of carbonyl (C=O) groups excluding carboxylic acids is 1. The Bertz CT molecular complexity index is 582. The van der Waals surface area contributed by atoms with Crippen molar-refractivity contribution in [3.8, 4) is 0 Å². The molecule has 0 spiro atoms. The number of unbranched alkanes of at least 4 members (excludes halogenated alkanes) is 3. The van der Waals surface area contributed by atoms with Crippen molar-refractivity contribution in [2.24, 2.45) is 0 Å². The number of allylic oxidation sites excluding steroid dienone is 1. The van der Waals surface area contributed by atoms with E-state index in [1.165, 1.54) is 19.2 Å². The molecule has 2 N–H and O–H groups in total. The van der Waals surface area contributed by atoms with E-state index >= 15 is 0 Å². The summed E-state index contributed by atoms with van der Waals surface area (Å²) in [5.41, 5.74) is 0.345. The monoisotopic (exact) mass is 310 g/mol. The van der Waals surface area contributed by atoms with E-state index in [9.17, 15) is 13.2 Å². The van der Waals surface area contributed by atoms with Gasteiger partial charge in [-0.05, 0) is 44.5 Å². The highest BCUT2D eigenvalue weighted by molar-refractivity contribution is 7.89. The normalized spacial score (nSPS) is 11.1. The summed E-state index contributed by atoms with van der Waals surface area (Å²) in [6.07, 6.45) is 5.86. The zero-order valence-electron chi connectivity index (χ0n) is 12.3. The van der Waals surface area contributed by atoms with Gasteiger partial charge in [0, 0.05) is 12.1 Å². The smallest absolute Gasteiger partial charge is 0.251 e. The maximum atomic E-state index is 12.0. The third-order valence-electron chi connectivity index (χ3n) is 3.05. The number of carbonyl (C=O) groups is 1. The molecule has 21 heavy (non-hydrogen) atoms. The quantitative estimate of drug-likeness (QED) is 0.541. The van der Waals surface area contributed by atoms with Gasteiger partial charge >= 0.3 is 0 Å². The van der Waals surface area contributed by atoms with Gasteiger partial charge in [-0.15, -0.1) is 6.58 Å². The Balaban J connectivity index is 2.55. The molecule has 1 rings (SSSR count). The largest absolute Gasteiger partial charge is 0.352 e. The highest BCUT2D eigenvalue weighted by atomic mass is 32.2. The first-order valence-corrected chi connectivity index (χ1v) is 8.42. The molecule has 0 aliphatic heterocycles. The lowest BCUT2D eigenvalue weighted by atomic mass is 10.2. The molecular weight excluding hydrogens is 288 g/mol. The predicted octanol–water partition coefficient (Wildman–Crippen LogP) is 2.07. The van der Waals surface area contributed by atoms with Gasteiger partial charge < -0.3 is 5.32 Å². The average molecular weight is 310 g/mol. The first-order valence-electron chi connectivity index (χ1n) is 6.94. The summed E-state index contributed by atoms with van der Waals surface area (Å²) >= 11 is 0. The van der Waals surface area contributed by atoms with Crippen molar-refractivity contribution in [1.29, 1.82) is 0 Å². The van der Waals surface area contributed by atoms with E-state index in [2.05, 4.69) is 16.6 Å². The Morgan fingerprint density at radius 1 is 1.29 bits per heavy atom. The molecule has 0 fully saturated rings. The molecule has 1 amide bonds. The standard InChI is InChI=1S/C15H22N2O3S/c1-3-4-5-6-7-11-17-15(18)13-9-8-10-14(12-13)21(19,20)16-2/h3,8-10,12,16H,1,4-7,11H2,2H3,(H,17,18). The number of benzene rings is 1. The van der Waals surface area contributed by atoms with E-state index < -0.39 is 10.0 Å². The average Bonchev–Trinajstić information content (AvgIpc) is 2.50. The molecule has 0 saturated carbocycles. The van der Waals surface area contributed by atoms with Crippen LogP contribution in [0.3, 0.4) is 0 Å². The second-order valence-electron chi connectivity index (χ2n) is 4.63. The molecule has 0 bridgehead atoms. The zero-order valence-corrected chi connectivity index (χ0v) is 13.1. The van der Waals surface area contributed by atoms with E-state index in [0.29, 0.717) is 12.1 Å². The summed E-state index contributed by atoms with van der Waals surface area (Å²) < 4.78 is 25.6. The second-order valence-corrected chi connectivity index (χ2v) is 6.52. The van der Waals surface area contributed by atoms with Crippen LogP contribution in [0, 0.1) is 0 Å². The molecule has 6 heteroatoms. The van der Waals surface area contributed by atoms with Crippen molar-refractivity contribution >= 4 is 15.9 Å². The summed E-state index contributed by atoms with van der Waals surface area (Å²) in [4.78, 5) is 12.0. The molecule has 0 aliphatic rings. The SMILES string of the molecule is C=CCCCCCNC(=O)c1cccc(S(=O)(=O)NC)c1. The summed E-state index contributed by atoms with van der Waals surface area (Å²) in [5, 5.41) is 2.79. The predicted molar refractivity (Wildman–Crippen MR) is 83.7 cm³/mol. The first-order chi connectivity index (χ1) is 10.0. The molecule has 1 aromatic carbocycles. The zero-order chi connectivity index (χ0) is 15.7. The van der Waals surface area contributed by atoms with Gasteiger partial charge in [0.25, 0.3) is 5.91 Å². The van der Waals surface area contributed by atoms with Crippen LogP contribution in [0.25, 0.3) is 0 Å². The van der Waals surface area contributed by atoms with Crippen LogP contribution in [0.4, 0.5) is 0 Å². The van der Waals surface area contributed by atoms with Crippen LogP contribution < -0.4 is 10.0 Å². The summed E-state index contributed by atoms with van der Waals surface area (Å²) in [6.45, 7) is 4.24. The molecule has 1 aromatic rings. The van der Waals surface area contributed by atoms with Gasteiger partial charge in [-0.25, -0.2) is 13.1 Å². The third kappa shape index (κ3) is 5.69. The molecule has 0 heterocycles. The van der Waals surface area contributed by atoms with Crippen LogP contribution in [-0.4, -0.2) is 27.9 Å². The van der Waals surface area contributed by atoms with Gasteiger partial charge in [0.15, 0.2) is 0 Å². The van der Waals surface area contributed by atoms with Gasteiger partial charge in [0.2, 0.25) is 10.0 Å². The van der Waals surface area contributed by atoms with Crippen LogP contribution in [0.5, 0.6) is 0 Å². The van der Waals surface area contributed by atoms with E-state index in [-0.39, 0.29) is 10.8 Å². The van der Waals surface area contributed by atoms with E-state index in [1.807, 2.05) is 6.08 Å². The Kier molecular flexibility index (Phi) is 7.11. The second kappa shape index (κ2) is 8.59. The van der Waals surface area contributed by atoms with E-state index in [4.69, 9.17) is 0 Å². The molecule has 116 valence electrons. The number of rotatable bonds is 9. The maximum Gasteiger partial charge on any atom is 0.251 e. The first kappa shape index (κ1) is 17.4. The fourth-order valence-corrected chi connectivity index (χ4v) is 2.59. The van der Waals surface area contributed by atoms with Crippen molar-refractivity contribution in [2.75, 3.05) is 13.6 Å². The lowest BCUT2D eigenvalue weighted by molar-refractivity contribution is 0.0952. The molecule has 0 saturated heterocycles. The van der Waals surface area contributed by atoms with Gasteiger partial charge in [-0.2, -0.15) is 0 Å². The molecule has 0 radical (unpaired) electrons. The van der Waals surface area contributed by atoms with Crippen molar-refractivity contribution in [3.63, 3.8) is 0 Å². The number of hydrogen-bond acceptors (Lipinski definition) is 3. The van der Waals surface area contributed by atoms with Crippen molar-refractivity contribution < 1.29 is 13.2 Å². The van der Waals surface area contributed by atoms with E-state index in [1.54, 1.807) is 12.1 Å². The van der Waals surface area contributed by atoms with E-state index in [0.717, 1.165) is 25.7 Å². The molecule has 0 atom stereocenters. The van der Waals surface area contributed by atoms with Gasteiger partial charge in [0.05, 0.1) is 4.90 Å². The van der Waals surface area contributed by atoms with Crippen LogP contribution in [0.1, 0.15) is 36.0 Å². The van der Waals surface area contributed by atoms with Crippen LogP contribution in [0.15, 0.2) is 41.8 Å². The highest BCUT2D eigenvalue weighted by Gasteiger charge is 2.13. The fourth-order valence-electron chi connectivity index (χ4n) is 1.82. The number of amides is 1. The lowest BCUT2D eigenvalue weighted by Crippen LogP contribution is -2.25. The maximum absolute atomic E-state index is 12.0. The Morgan fingerprint density at radius 2 is 2.05 bits per heavy atom. The molecule has 0 unspecified atom stereocenters. The molecular formula is C15H22N2O3S. The number of hydrogen-bond donors (Lipinski definition) is 2. The van der Waals surface area contributed by atoms with Crippen molar-refractivity contribution in [1.82, 2.24) is 10.0 Å². The lowest BCUT2D eigenvalue weighted by Gasteiger charge is -2.07. The number of sulfonamides is 1. The minimum absolute atomic E-state index is 0.0867. The van der Waals surface area contributed by atoms with Gasteiger partial charge in [-0.3, -0.25) is 4.79 Å². The van der Waals surface area contributed by atoms with Gasteiger partial charge in [0.1, 0.15) is 0 Å². The Hall–Kier alpha value is -1.66. The minimum atomic E-state index is -3.53. The van der Waals surface area contributed by atoms with Crippen LogP contribution in [0.2, 0.25) is 0 Å². The highest BCUT2D eigenvalue weighted by Crippen LogP contribution is 2.11. The fraction of sp³-hybridized carbons (Fsp3) is 0.400. The van der Waals surface area contributed by atoms with Gasteiger partial charge in [-0.1, -0.05) is 18.6 Å². The molecule has 5 nitrogen and oxygen atoms in total. The molecule has 0 aliphatic carbocycles. The topological polar surface area (TPSA) is 75.3 Å². The Labute approximate surface area is 126 Å². The molecule has 0 aromatic heterocycles. The Morgan fingerprint density at radius 3 is 2.71 bits per heavy atom. The third-order valence-corrected chi connectivity index (χ3v) is 4.46.